The van der Waals surface area contributed by atoms with Crippen molar-refractivity contribution in [3.05, 3.63) is 74.3 Å². The molecule has 0 fully saturated rings. The molecule has 0 unspecified atom stereocenters. The Bertz CT molecular complexity index is 886. The van der Waals surface area contributed by atoms with Crippen LogP contribution in [0.4, 0.5) is 5.69 Å². The molecule has 0 bridgehead atoms. The second-order valence-corrected chi connectivity index (χ2v) is 5.97. The fourth-order valence-electron chi connectivity index (χ4n) is 1.94. The van der Waals surface area contributed by atoms with Crippen LogP contribution < -0.4 is 16.2 Å². The van der Waals surface area contributed by atoms with E-state index in [2.05, 4.69) is 16.2 Å². The van der Waals surface area contributed by atoms with Gasteiger partial charge < -0.3 is 0 Å². The topological polar surface area (TPSA) is 113 Å². The Balaban J connectivity index is 1.94. The number of nitro benzene ring substituents is 1. The summed E-state index contributed by atoms with van der Waals surface area (Å²) in [6.07, 6.45) is 0. The second kappa shape index (κ2) is 8.37. The highest BCUT2D eigenvalue weighted by atomic mass is 35.5. The molecule has 0 heterocycles. The molecule has 0 radical (unpaired) electrons. The van der Waals surface area contributed by atoms with Crippen LogP contribution in [0.2, 0.25) is 5.02 Å². The van der Waals surface area contributed by atoms with E-state index in [9.17, 15) is 19.7 Å². The number of thiocarbonyl (C=S) groups is 1. The van der Waals surface area contributed by atoms with Crippen LogP contribution >= 0.6 is 23.8 Å². The zero-order chi connectivity index (χ0) is 19.3. The Morgan fingerprint density at radius 2 is 1.65 bits per heavy atom. The van der Waals surface area contributed by atoms with Crippen LogP contribution in [0.5, 0.6) is 0 Å². The van der Waals surface area contributed by atoms with Crippen LogP contribution in [0.15, 0.2) is 42.5 Å². The summed E-state index contributed by atoms with van der Waals surface area (Å²) in [5.74, 6) is -1.13. The minimum Gasteiger partial charge on any atom is -0.298 e. The number of nitrogens with one attached hydrogen (secondary N) is 3. The number of nitrogens with zero attached hydrogens (tertiary/aromatic N) is 1. The molecule has 2 aromatic carbocycles. The van der Waals surface area contributed by atoms with Crippen molar-refractivity contribution in [2.75, 3.05) is 0 Å². The standard InChI is InChI=1S/C16H13ClN4O4S/c1-9-2-3-11(8-13(9)21(24)25)14(22)18-16(26)20-19-15(23)10-4-6-12(17)7-5-10/h2-8H,1H3,(H,19,23)(H2,18,20,22,26). The lowest BCUT2D eigenvalue weighted by molar-refractivity contribution is -0.385. The first kappa shape index (κ1) is 19.3. The van der Waals surface area contributed by atoms with Gasteiger partial charge in [0.05, 0.1) is 4.92 Å². The number of hydrogen-bond acceptors (Lipinski definition) is 5. The van der Waals surface area contributed by atoms with Gasteiger partial charge in [0.25, 0.3) is 17.5 Å². The van der Waals surface area contributed by atoms with Gasteiger partial charge in [-0.2, -0.15) is 0 Å². The molecule has 10 heteroatoms. The fourth-order valence-corrected chi connectivity index (χ4v) is 2.21. The largest absolute Gasteiger partial charge is 0.298 e. The maximum atomic E-state index is 12.1. The lowest BCUT2D eigenvalue weighted by Crippen LogP contribution is -2.48. The first-order valence-corrected chi connectivity index (χ1v) is 7.99. The lowest BCUT2D eigenvalue weighted by atomic mass is 10.1. The van der Waals surface area contributed by atoms with Crippen molar-refractivity contribution in [2.24, 2.45) is 0 Å². The van der Waals surface area contributed by atoms with E-state index in [-0.39, 0.29) is 16.4 Å². The van der Waals surface area contributed by atoms with Crippen molar-refractivity contribution in [3.63, 3.8) is 0 Å². The molecule has 26 heavy (non-hydrogen) atoms. The highest BCUT2D eigenvalue weighted by molar-refractivity contribution is 7.80. The van der Waals surface area contributed by atoms with Crippen molar-refractivity contribution in [1.82, 2.24) is 16.2 Å². The smallest absolute Gasteiger partial charge is 0.273 e. The van der Waals surface area contributed by atoms with Gasteiger partial charge in [0, 0.05) is 27.8 Å². The number of carbonyl (C=O) groups is 2. The summed E-state index contributed by atoms with van der Waals surface area (Å²) in [5, 5.41) is 13.6. The third-order valence-corrected chi connectivity index (χ3v) is 3.75. The molecule has 0 aliphatic carbocycles. The molecule has 0 saturated heterocycles. The Labute approximate surface area is 158 Å². The van der Waals surface area contributed by atoms with E-state index in [1.807, 2.05) is 0 Å². The third-order valence-electron chi connectivity index (χ3n) is 3.29. The number of rotatable bonds is 3. The molecule has 2 amide bonds. The monoisotopic (exact) mass is 392 g/mol. The van der Waals surface area contributed by atoms with Crippen molar-refractivity contribution in [2.45, 2.75) is 6.92 Å². The number of nitro groups is 1. The molecule has 134 valence electrons. The highest BCUT2D eigenvalue weighted by Crippen LogP contribution is 2.19. The molecule has 2 aromatic rings. The summed E-state index contributed by atoms with van der Waals surface area (Å²) >= 11 is 10.7. The van der Waals surface area contributed by atoms with Gasteiger partial charge in [-0.25, -0.2) is 0 Å². The Kier molecular flexibility index (Phi) is 6.21. The summed E-state index contributed by atoms with van der Waals surface area (Å²) < 4.78 is 0. The van der Waals surface area contributed by atoms with Gasteiger partial charge in [0.2, 0.25) is 0 Å². The minimum atomic E-state index is -0.647. The van der Waals surface area contributed by atoms with E-state index >= 15 is 0 Å². The average molecular weight is 393 g/mol. The Morgan fingerprint density at radius 3 is 2.27 bits per heavy atom. The molecule has 2 rings (SSSR count). The first-order valence-electron chi connectivity index (χ1n) is 7.20. The molecular formula is C16H13ClN4O4S. The van der Waals surface area contributed by atoms with Crippen LogP contribution in [0.25, 0.3) is 0 Å². The van der Waals surface area contributed by atoms with Gasteiger partial charge in [0.15, 0.2) is 5.11 Å². The van der Waals surface area contributed by atoms with Gasteiger partial charge in [-0.1, -0.05) is 17.7 Å². The van der Waals surface area contributed by atoms with Crippen LogP contribution in [-0.2, 0) is 0 Å². The highest BCUT2D eigenvalue weighted by Gasteiger charge is 2.16. The summed E-state index contributed by atoms with van der Waals surface area (Å²) in [7, 11) is 0. The number of aryl methyl sites for hydroxylation is 1. The number of hydrazine groups is 1. The minimum absolute atomic E-state index is 0.0653. The zero-order valence-corrected chi connectivity index (χ0v) is 15.0. The van der Waals surface area contributed by atoms with Gasteiger partial charge in [-0.05, 0) is 49.5 Å². The van der Waals surface area contributed by atoms with E-state index in [1.54, 1.807) is 19.1 Å². The van der Waals surface area contributed by atoms with Crippen LogP contribution in [0.1, 0.15) is 26.3 Å². The number of amides is 2. The van der Waals surface area contributed by atoms with E-state index in [4.69, 9.17) is 23.8 Å². The molecular weight excluding hydrogens is 380 g/mol. The Hall–Kier alpha value is -3.04. The predicted molar refractivity (Wildman–Crippen MR) is 100.0 cm³/mol. The molecule has 0 atom stereocenters. The third kappa shape index (κ3) is 4.98. The van der Waals surface area contributed by atoms with Crippen LogP contribution in [0, 0.1) is 17.0 Å². The number of halogens is 1. The van der Waals surface area contributed by atoms with E-state index in [0.717, 1.165) is 6.07 Å². The van der Waals surface area contributed by atoms with Crippen LogP contribution in [0.3, 0.4) is 0 Å². The molecule has 0 aliphatic heterocycles. The maximum absolute atomic E-state index is 12.1. The predicted octanol–water partition coefficient (Wildman–Crippen LogP) is 2.51. The zero-order valence-electron chi connectivity index (χ0n) is 13.4. The second-order valence-electron chi connectivity index (χ2n) is 5.13. The fraction of sp³-hybridized carbons (Fsp3) is 0.0625. The van der Waals surface area contributed by atoms with Gasteiger partial charge in [-0.15, -0.1) is 0 Å². The lowest BCUT2D eigenvalue weighted by Gasteiger charge is -2.11. The molecule has 0 aliphatic rings. The van der Waals surface area contributed by atoms with Crippen LogP contribution in [-0.4, -0.2) is 21.9 Å². The normalized spacial score (nSPS) is 9.92. The number of carbonyl (C=O) groups excluding carboxylic acids is 2. The first-order chi connectivity index (χ1) is 12.3. The molecule has 0 saturated carbocycles. The number of benzene rings is 2. The number of hydrogen-bond donors (Lipinski definition) is 3. The van der Waals surface area contributed by atoms with Gasteiger partial charge in [0.1, 0.15) is 0 Å². The van der Waals surface area contributed by atoms with Gasteiger partial charge in [-0.3, -0.25) is 35.9 Å². The van der Waals surface area contributed by atoms with E-state index < -0.39 is 16.7 Å². The quantitative estimate of drug-likeness (QED) is 0.420. The maximum Gasteiger partial charge on any atom is 0.273 e. The molecule has 0 aromatic heterocycles. The summed E-state index contributed by atoms with van der Waals surface area (Å²) in [6.45, 7) is 1.57. The summed E-state index contributed by atoms with van der Waals surface area (Å²) in [6, 6.07) is 10.2. The molecule has 0 spiro atoms. The molecule has 8 nitrogen and oxygen atoms in total. The van der Waals surface area contributed by atoms with E-state index in [1.165, 1.54) is 24.3 Å². The van der Waals surface area contributed by atoms with Crippen molar-refractivity contribution in [3.8, 4) is 0 Å². The molecule has 3 N–H and O–H groups in total. The van der Waals surface area contributed by atoms with Crippen molar-refractivity contribution < 1.29 is 14.5 Å². The Morgan fingerprint density at radius 1 is 1.04 bits per heavy atom. The van der Waals surface area contributed by atoms with Gasteiger partial charge >= 0.3 is 0 Å². The van der Waals surface area contributed by atoms with Crippen molar-refractivity contribution in [1.29, 1.82) is 0 Å². The summed E-state index contributed by atoms with van der Waals surface area (Å²) in [5.41, 5.74) is 5.36. The van der Waals surface area contributed by atoms with Crippen molar-refractivity contribution >= 4 is 46.4 Å². The summed E-state index contributed by atoms with van der Waals surface area (Å²) in [4.78, 5) is 34.4. The average Bonchev–Trinajstić information content (AvgIpc) is 2.60. The van der Waals surface area contributed by atoms with E-state index in [0.29, 0.717) is 16.1 Å². The SMILES string of the molecule is Cc1ccc(C(=O)NC(=S)NNC(=O)c2ccc(Cl)cc2)cc1[N+](=O)[O-].